The Labute approximate surface area is 137 Å². The van der Waals surface area contributed by atoms with Gasteiger partial charge in [0.1, 0.15) is 5.02 Å². The van der Waals surface area contributed by atoms with Gasteiger partial charge in [-0.25, -0.2) is 4.79 Å². The molecule has 8 nitrogen and oxygen atoms in total. The molecule has 0 aromatic heterocycles. The summed E-state index contributed by atoms with van der Waals surface area (Å²) in [7, 11) is 0. The number of amides is 3. The van der Waals surface area contributed by atoms with Crippen LogP contribution in [0.15, 0.2) is 18.2 Å². The van der Waals surface area contributed by atoms with Gasteiger partial charge in [0.05, 0.1) is 4.92 Å². The lowest BCUT2D eigenvalue weighted by Crippen LogP contribution is -2.44. The van der Waals surface area contributed by atoms with Crippen LogP contribution in [0.2, 0.25) is 5.02 Å². The zero-order chi connectivity index (χ0) is 17.0. The van der Waals surface area contributed by atoms with E-state index < -0.39 is 11.0 Å². The van der Waals surface area contributed by atoms with Gasteiger partial charge in [-0.3, -0.25) is 14.9 Å². The van der Waals surface area contributed by atoms with Crippen LogP contribution >= 0.6 is 11.6 Å². The molecule has 1 aliphatic heterocycles. The molecule has 3 amide bonds. The number of anilines is 1. The zero-order valence-corrected chi connectivity index (χ0v) is 13.3. The molecule has 2 N–H and O–H groups in total. The fraction of sp³-hybridized carbons (Fsp3) is 0.429. The predicted molar refractivity (Wildman–Crippen MR) is 85.5 cm³/mol. The van der Waals surface area contributed by atoms with E-state index in [-0.39, 0.29) is 28.3 Å². The molecule has 1 heterocycles. The number of carbonyl (C=O) groups excluding carboxylic acids is 2. The molecule has 1 fully saturated rings. The summed E-state index contributed by atoms with van der Waals surface area (Å²) in [5.41, 5.74) is -0.0109. The summed E-state index contributed by atoms with van der Waals surface area (Å²) in [6.45, 7) is 2.93. The second kappa shape index (κ2) is 7.28. The number of nitrogens with zero attached hydrogens (tertiary/aromatic N) is 2. The minimum Gasteiger partial charge on any atom is -0.341 e. The van der Waals surface area contributed by atoms with Gasteiger partial charge in [0.25, 0.3) is 5.69 Å². The van der Waals surface area contributed by atoms with Crippen molar-refractivity contribution in [2.24, 2.45) is 0 Å². The highest BCUT2D eigenvalue weighted by molar-refractivity contribution is 6.32. The van der Waals surface area contributed by atoms with Gasteiger partial charge in [0.15, 0.2) is 0 Å². The Balaban J connectivity index is 1.90. The molecular weight excluding hydrogens is 324 g/mol. The molecule has 0 radical (unpaired) electrons. The minimum absolute atomic E-state index is 0.00173. The fourth-order valence-corrected chi connectivity index (χ4v) is 2.58. The van der Waals surface area contributed by atoms with Crippen LogP contribution in [0.3, 0.4) is 0 Å². The van der Waals surface area contributed by atoms with Crippen LogP contribution in [0.25, 0.3) is 0 Å². The second-order valence-corrected chi connectivity index (χ2v) is 5.77. The zero-order valence-electron chi connectivity index (χ0n) is 12.5. The Bertz CT molecular complexity index is 637. The van der Waals surface area contributed by atoms with Crippen molar-refractivity contribution in [1.29, 1.82) is 0 Å². The number of urea groups is 1. The molecule has 1 aliphatic rings. The van der Waals surface area contributed by atoms with Crippen molar-refractivity contribution in [3.8, 4) is 0 Å². The van der Waals surface area contributed by atoms with Crippen molar-refractivity contribution in [2.45, 2.75) is 25.8 Å². The summed E-state index contributed by atoms with van der Waals surface area (Å²) in [6.07, 6.45) is 1.39. The number of hydrogen-bond donors (Lipinski definition) is 2. The van der Waals surface area contributed by atoms with Gasteiger partial charge in [-0.1, -0.05) is 11.6 Å². The van der Waals surface area contributed by atoms with E-state index in [4.69, 9.17) is 11.6 Å². The third-order valence-electron chi connectivity index (χ3n) is 3.44. The Morgan fingerprint density at radius 2 is 2.26 bits per heavy atom. The molecule has 2 rings (SSSR count). The molecule has 0 spiro atoms. The normalized spacial score (nSPS) is 15.4. The lowest BCUT2D eigenvalue weighted by atomic mass is 10.3. The average Bonchev–Trinajstić information content (AvgIpc) is 2.85. The molecule has 1 saturated heterocycles. The van der Waals surface area contributed by atoms with Crippen LogP contribution in [0.4, 0.5) is 16.2 Å². The first-order chi connectivity index (χ1) is 10.9. The van der Waals surface area contributed by atoms with E-state index in [1.807, 2.05) is 0 Å². The van der Waals surface area contributed by atoms with Crippen LogP contribution < -0.4 is 10.6 Å². The monoisotopic (exact) mass is 340 g/mol. The van der Waals surface area contributed by atoms with Gasteiger partial charge >= 0.3 is 6.03 Å². The molecule has 0 aliphatic carbocycles. The molecule has 9 heteroatoms. The minimum atomic E-state index is -0.618. The van der Waals surface area contributed by atoms with Crippen molar-refractivity contribution < 1.29 is 14.5 Å². The topological polar surface area (TPSA) is 105 Å². The molecule has 0 bridgehead atoms. The fourth-order valence-electron chi connectivity index (χ4n) is 2.39. The Kier molecular flexibility index (Phi) is 5.38. The number of rotatable bonds is 5. The van der Waals surface area contributed by atoms with Gasteiger partial charge in [0, 0.05) is 37.3 Å². The average molecular weight is 341 g/mol. The summed E-state index contributed by atoms with van der Waals surface area (Å²) >= 11 is 5.71. The van der Waals surface area contributed by atoms with E-state index in [2.05, 4.69) is 10.6 Å². The van der Waals surface area contributed by atoms with Crippen molar-refractivity contribution in [1.82, 2.24) is 10.2 Å². The third-order valence-corrected chi connectivity index (χ3v) is 3.76. The Morgan fingerprint density at radius 3 is 2.87 bits per heavy atom. The lowest BCUT2D eigenvalue weighted by Gasteiger charge is -2.21. The van der Waals surface area contributed by atoms with E-state index >= 15 is 0 Å². The number of nitrogens with one attached hydrogen (secondary N) is 2. The number of halogens is 1. The molecule has 1 atom stereocenters. The standard InChI is InChI=1S/C14H17ClN4O4/c1-9(8-18-6-2-3-13(18)20)16-14(21)17-10-4-5-11(15)12(7-10)19(22)23/h4-5,7,9H,2-3,6,8H2,1H3,(H2,16,17,21). The van der Waals surface area contributed by atoms with Gasteiger partial charge in [-0.05, 0) is 25.5 Å². The van der Waals surface area contributed by atoms with E-state index in [9.17, 15) is 19.7 Å². The van der Waals surface area contributed by atoms with Gasteiger partial charge in [-0.15, -0.1) is 0 Å². The highest BCUT2D eigenvalue weighted by atomic mass is 35.5. The lowest BCUT2D eigenvalue weighted by molar-refractivity contribution is -0.384. The maximum Gasteiger partial charge on any atom is 0.319 e. The van der Waals surface area contributed by atoms with E-state index in [1.165, 1.54) is 18.2 Å². The Morgan fingerprint density at radius 1 is 1.52 bits per heavy atom. The van der Waals surface area contributed by atoms with Crippen LogP contribution in [-0.2, 0) is 4.79 Å². The summed E-state index contributed by atoms with van der Waals surface area (Å²) < 4.78 is 0. The van der Waals surface area contributed by atoms with Crippen molar-refractivity contribution in [2.75, 3.05) is 18.4 Å². The molecule has 124 valence electrons. The van der Waals surface area contributed by atoms with Crippen molar-refractivity contribution >= 4 is 34.9 Å². The third kappa shape index (κ3) is 4.56. The number of benzene rings is 1. The predicted octanol–water partition coefficient (Wildman–Crippen LogP) is 2.38. The number of likely N-dealkylation sites (tertiary alicyclic amines) is 1. The van der Waals surface area contributed by atoms with Gasteiger partial charge in [-0.2, -0.15) is 0 Å². The number of carbonyl (C=O) groups is 2. The van der Waals surface area contributed by atoms with E-state index in [1.54, 1.807) is 11.8 Å². The van der Waals surface area contributed by atoms with Crippen LogP contribution in [0.5, 0.6) is 0 Å². The largest absolute Gasteiger partial charge is 0.341 e. The summed E-state index contributed by atoms with van der Waals surface area (Å²) in [6, 6.07) is 3.28. The molecular formula is C14H17ClN4O4. The number of hydrogen-bond acceptors (Lipinski definition) is 4. The first-order valence-electron chi connectivity index (χ1n) is 7.16. The highest BCUT2D eigenvalue weighted by Gasteiger charge is 2.22. The maximum atomic E-state index is 11.9. The summed E-state index contributed by atoms with van der Waals surface area (Å²) in [4.78, 5) is 35.4. The van der Waals surface area contributed by atoms with Crippen molar-refractivity contribution in [3.05, 3.63) is 33.3 Å². The van der Waals surface area contributed by atoms with Crippen LogP contribution in [0, 0.1) is 10.1 Å². The first kappa shape index (κ1) is 17.0. The van der Waals surface area contributed by atoms with Gasteiger partial charge in [0.2, 0.25) is 5.91 Å². The Hall–Kier alpha value is -2.35. The first-order valence-corrected chi connectivity index (χ1v) is 7.54. The summed E-state index contributed by atoms with van der Waals surface area (Å²) in [5, 5.41) is 16.0. The molecule has 1 unspecified atom stereocenters. The van der Waals surface area contributed by atoms with Crippen LogP contribution in [-0.4, -0.2) is 40.9 Å². The molecule has 23 heavy (non-hydrogen) atoms. The van der Waals surface area contributed by atoms with E-state index in [0.29, 0.717) is 19.5 Å². The van der Waals surface area contributed by atoms with Crippen molar-refractivity contribution in [3.63, 3.8) is 0 Å². The summed E-state index contributed by atoms with van der Waals surface area (Å²) in [5.74, 6) is 0.0902. The molecule has 1 aromatic rings. The number of nitro groups is 1. The van der Waals surface area contributed by atoms with Gasteiger partial charge < -0.3 is 15.5 Å². The quantitative estimate of drug-likeness (QED) is 0.634. The van der Waals surface area contributed by atoms with E-state index in [0.717, 1.165) is 6.42 Å². The second-order valence-electron chi connectivity index (χ2n) is 5.37. The maximum absolute atomic E-state index is 11.9. The molecule has 1 aromatic carbocycles. The molecule has 0 saturated carbocycles. The SMILES string of the molecule is CC(CN1CCCC1=O)NC(=O)Nc1ccc(Cl)c([N+](=O)[O-])c1. The highest BCUT2D eigenvalue weighted by Crippen LogP contribution is 2.27. The van der Waals surface area contributed by atoms with Crippen LogP contribution in [0.1, 0.15) is 19.8 Å². The smallest absolute Gasteiger partial charge is 0.319 e. The number of nitro benzene ring substituents is 1.